The minimum absolute atomic E-state index is 0.0994. The van der Waals surface area contributed by atoms with Gasteiger partial charge in [0.15, 0.2) is 0 Å². The quantitative estimate of drug-likeness (QED) is 0.846. The van der Waals surface area contributed by atoms with Gasteiger partial charge in [0.25, 0.3) is 0 Å². The summed E-state index contributed by atoms with van der Waals surface area (Å²) >= 11 is 0. The van der Waals surface area contributed by atoms with E-state index in [1.807, 2.05) is 0 Å². The zero-order chi connectivity index (χ0) is 15.7. The number of hydrogen-bond acceptors (Lipinski definition) is 4. The molecular formula is C15H23N3O3. The maximum atomic E-state index is 12.1. The number of hydrogen-bond donors (Lipinski definition) is 1. The highest BCUT2D eigenvalue weighted by atomic mass is 16.4. The number of carboxylic acids is 1. The van der Waals surface area contributed by atoms with Crippen molar-refractivity contribution in [1.29, 1.82) is 0 Å². The largest absolute Gasteiger partial charge is 0.481 e. The fourth-order valence-electron chi connectivity index (χ4n) is 2.70. The number of aryl methyl sites for hydroxylation is 1. The lowest BCUT2D eigenvalue weighted by atomic mass is 10.1. The SMILES string of the molecule is Cc1nc(=O)n(CC(C)N(C)C2CC2)c(C)c1CC(=O)O. The Morgan fingerprint density at radius 3 is 2.62 bits per heavy atom. The van der Waals surface area contributed by atoms with Crippen molar-refractivity contribution in [2.24, 2.45) is 0 Å². The highest BCUT2D eigenvalue weighted by Crippen LogP contribution is 2.27. The maximum Gasteiger partial charge on any atom is 0.348 e. The third-order valence-corrected chi connectivity index (χ3v) is 4.37. The van der Waals surface area contributed by atoms with Crippen LogP contribution in [0.4, 0.5) is 0 Å². The van der Waals surface area contributed by atoms with Gasteiger partial charge in [-0.15, -0.1) is 0 Å². The summed E-state index contributed by atoms with van der Waals surface area (Å²) in [4.78, 5) is 29.4. The molecular weight excluding hydrogens is 270 g/mol. The van der Waals surface area contributed by atoms with E-state index >= 15 is 0 Å². The van der Waals surface area contributed by atoms with Crippen molar-refractivity contribution in [2.45, 2.75) is 58.7 Å². The van der Waals surface area contributed by atoms with E-state index in [0.29, 0.717) is 29.5 Å². The average Bonchev–Trinajstić information content (AvgIpc) is 3.22. The van der Waals surface area contributed by atoms with E-state index in [1.54, 1.807) is 18.4 Å². The van der Waals surface area contributed by atoms with Crippen molar-refractivity contribution in [3.63, 3.8) is 0 Å². The molecule has 2 rings (SSSR count). The molecule has 1 heterocycles. The van der Waals surface area contributed by atoms with E-state index in [1.165, 1.54) is 12.8 Å². The first kappa shape index (κ1) is 15.7. The summed E-state index contributed by atoms with van der Waals surface area (Å²) in [6.07, 6.45) is 2.33. The number of carboxylic acid groups (broad SMARTS) is 1. The van der Waals surface area contributed by atoms with Crippen LogP contribution in [0.15, 0.2) is 4.79 Å². The molecule has 0 aliphatic heterocycles. The molecule has 0 spiro atoms. The third kappa shape index (κ3) is 3.50. The summed E-state index contributed by atoms with van der Waals surface area (Å²) in [5.74, 6) is -0.906. The lowest BCUT2D eigenvalue weighted by Crippen LogP contribution is -2.39. The Hall–Kier alpha value is -1.69. The second-order valence-corrected chi connectivity index (χ2v) is 5.97. The van der Waals surface area contributed by atoms with Gasteiger partial charge in [0.05, 0.1) is 6.42 Å². The molecule has 6 nitrogen and oxygen atoms in total. The van der Waals surface area contributed by atoms with Crippen molar-refractivity contribution in [2.75, 3.05) is 7.05 Å². The van der Waals surface area contributed by atoms with Crippen LogP contribution in [0.3, 0.4) is 0 Å². The molecule has 1 atom stereocenters. The molecule has 1 aliphatic carbocycles. The van der Waals surface area contributed by atoms with Crippen molar-refractivity contribution in [3.8, 4) is 0 Å². The van der Waals surface area contributed by atoms with Gasteiger partial charge >= 0.3 is 11.7 Å². The van der Waals surface area contributed by atoms with Gasteiger partial charge in [-0.3, -0.25) is 14.3 Å². The molecule has 1 aliphatic rings. The van der Waals surface area contributed by atoms with Gasteiger partial charge < -0.3 is 5.11 Å². The Kier molecular flexibility index (Phi) is 4.46. The highest BCUT2D eigenvalue weighted by molar-refractivity contribution is 5.70. The molecule has 1 N–H and O–H groups in total. The van der Waals surface area contributed by atoms with Gasteiger partial charge in [0.1, 0.15) is 0 Å². The number of rotatable bonds is 6. The molecule has 21 heavy (non-hydrogen) atoms. The Morgan fingerprint density at radius 2 is 2.10 bits per heavy atom. The van der Waals surface area contributed by atoms with Crippen molar-refractivity contribution < 1.29 is 9.90 Å². The summed E-state index contributed by atoms with van der Waals surface area (Å²) < 4.78 is 1.61. The minimum Gasteiger partial charge on any atom is -0.481 e. The van der Waals surface area contributed by atoms with Crippen molar-refractivity contribution in [1.82, 2.24) is 14.5 Å². The summed E-state index contributed by atoms with van der Waals surface area (Å²) in [5, 5.41) is 9.00. The number of aromatic nitrogens is 2. The summed E-state index contributed by atoms with van der Waals surface area (Å²) in [5.41, 5.74) is 1.57. The van der Waals surface area contributed by atoms with Crippen LogP contribution in [0.25, 0.3) is 0 Å². The first-order valence-corrected chi connectivity index (χ1v) is 7.32. The standard InChI is InChI=1S/C15H23N3O3/c1-9(17(4)12-5-6-12)8-18-11(3)13(7-14(19)20)10(2)16-15(18)21/h9,12H,5-8H2,1-4H3,(H,19,20). The van der Waals surface area contributed by atoms with Crippen LogP contribution < -0.4 is 5.69 Å². The molecule has 1 fully saturated rings. The highest BCUT2D eigenvalue weighted by Gasteiger charge is 2.29. The molecule has 1 aromatic rings. The molecule has 0 aromatic carbocycles. The molecule has 1 unspecified atom stereocenters. The van der Waals surface area contributed by atoms with Gasteiger partial charge in [0.2, 0.25) is 0 Å². The fourth-order valence-corrected chi connectivity index (χ4v) is 2.70. The first-order valence-electron chi connectivity index (χ1n) is 7.32. The van der Waals surface area contributed by atoms with E-state index in [2.05, 4.69) is 23.9 Å². The van der Waals surface area contributed by atoms with Crippen LogP contribution in [0.5, 0.6) is 0 Å². The van der Waals surface area contributed by atoms with Gasteiger partial charge in [0, 0.05) is 35.6 Å². The minimum atomic E-state index is -0.906. The zero-order valence-corrected chi connectivity index (χ0v) is 13.1. The van der Waals surface area contributed by atoms with E-state index < -0.39 is 5.97 Å². The number of nitrogens with zero attached hydrogens (tertiary/aromatic N) is 3. The van der Waals surface area contributed by atoms with Crippen molar-refractivity contribution >= 4 is 5.97 Å². The maximum absolute atomic E-state index is 12.1. The Morgan fingerprint density at radius 1 is 1.48 bits per heavy atom. The Balaban J connectivity index is 2.29. The van der Waals surface area contributed by atoms with Gasteiger partial charge in [-0.25, -0.2) is 4.79 Å². The lowest BCUT2D eigenvalue weighted by molar-refractivity contribution is -0.136. The summed E-state index contributed by atoms with van der Waals surface area (Å²) in [6, 6.07) is 0.837. The molecule has 0 bridgehead atoms. The third-order valence-electron chi connectivity index (χ3n) is 4.37. The first-order chi connectivity index (χ1) is 9.81. The Bertz CT molecular complexity index is 605. The zero-order valence-electron chi connectivity index (χ0n) is 13.1. The van der Waals surface area contributed by atoms with Crippen LogP contribution in [0.1, 0.15) is 36.7 Å². The van der Waals surface area contributed by atoms with Crippen LogP contribution in [0.2, 0.25) is 0 Å². The van der Waals surface area contributed by atoms with E-state index in [9.17, 15) is 9.59 Å². The van der Waals surface area contributed by atoms with Crippen LogP contribution in [-0.4, -0.2) is 44.7 Å². The normalized spacial score (nSPS) is 16.2. The second-order valence-electron chi connectivity index (χ2n) is 5.97. The predicted molar refractivity (Wildman–Crippen MR) is 79.6 cm³/mol. The average molecular weight is 293 g/mol. The summed E-state index contributed by atoms with van der Waals surface area (Å²) in [7, 11) is 2.07. The molecule has 1 aromatic heterocycles. The van der Waals surface area contributed by atoms with E-state index in [-0.39, 0.29) is 18.2 Å². The number of aliphatic carboxylic acids is 1. The predicted octanol–water partition coefficient (Wildman–Crippen LogP) is 0.970. The second kappa shape index (κ2) is 5.97. The Labute approximate surface area is 124 Å². The van der Waals surface area contributed by atoms with Crippen molar-refractivity contribution in [3.05, 3.63) is 27.4 Å². The molecule has 116 valence electrons. The fraction of sp³-hybridized carbons (Fsp3) is 0.667. The molecule has 6 heteroatoms. The molecule has 1 saturated carbocycles. The number of likely N-dealkylation sites (N-methyl/N-ethyl adjacent to an activating group) is 1. The molecule has 0 radical (unpaired) electrons. The van der Waals surface area contributed by atoms with Gasteiger partial charge in [-0.05, 0) is 40.7 Å². The van der Waals surface area contributed by atoms with E-state index in [4.69, 9.17) is 5.11 Å². The van der Waals surface area contributed by atoms with E-state index in [0.717, 1.165) is 0 Å². The van der Waals surface area contributed by atoms with Crippen LogP contribution in [-0.2, 0) is 17.8 Å². The van der Waals surface area contributed by atoms with Crippen LogP contribution >= 0.6 is 0 Å². The van der Waals surface area contributed by atoms with Crippen LogP contribution in [0, 0.1) is 13.8 Å². The van der Waals surface area contributed by atoms with Gasteiger partial charge in [-0.2, -0.15) is 4.98 Å². The smallest absolute Gasteiger partial charge is 0.348 e. The monoisotopic (exact) mass is 293 g/mol. The molecule has 0 amide bonds. The van der Waals surface area contributed by atoms with Gasteiger partial charge in [-0.1, -0.05) is 0 Å². The lowest BCUT2D eigenvalue weighted by Gasteiger charge is -2.26. The number of carbonyl (C=O) groups is 1. The molecule has 0 saturated heterocycles. The topological polar surface area (TPSA) is 75.4 Å². The summed E-state index contributed by atoms with van der Waals surface area (Å²) in [6.45, 7) is 6.12.